The van der Waals surface area contributed by atoms with Crippen LogP contribution >= 0.6 is 0 Å². The molecule has 0 unspecified atom stereocenters. The Morgan fingerprint density at radius 1 is 0.871 bits per heavy atom. The molecule has 4 aromatic rings. The van der Waals surface area contributed by atoms with E-state index < -0.39 is 5.97 Å². The fourth-order valence-corrected chi connectivity index (χ4v) is 3.56. The summed E-state index contributed by atoms with van der Waals surface area (Å²) in [5, 5.41) is 8.77. The maximum atomic E-state index is 10.7. The van der Waals surface area contributed by atoms with E-state index in [0.717, 1.165) is 53.2 Å². The number of aromatic amines is 1. The van der Waals surface area contributed by atoms with Crippen LogP contribution in [0.25, 0.3) is 22.5 Å². The number of carboxylic acids is 1. The van der Waals surface area contributed by atoms with E-state index in [-0.39, 0.29) is 6.61 Å². The molecule has 0 radical (unpaired) electrons. The number of carboxylic acid groups (broad SMARTS) is 1. The number of H-pyrrole nitrogens is 1. The van der Waals surface area contributed by atoms with Gasteiger partial charge in [0.1, 0.15) is 11.6 Å². The van der Waals surface area contributed by atoms with Gasteiger partial charge in [-0.3, -0.25) is 0 Å². The van der Waals surface area contributed by atoms with Gasteiger partial charge in [0, 0.05) is 17.5 Å². The van der Waals surface area contributed by atoms with E-state index in [1.54, 1.807) is 6.07 Å². The molecule has 5 heteroatoms. The third-order valence-electron chi connectivity index (χ3n) is 5.00. The van der Waals surface area contributed by atoms with Gasteiger partial charge in [0.05, 0.1) is 11.4 Å². The summed E-state index contributed by atoms with van der Waals surface area (Å²) in [5.41, 5.74) is 5.31. The van der Waals surface area contributed by atoms with E-state index in [4.69, 9.17) is 14.8 Å². The molecule has 0 bridgehead atoms. The summed E-state index contributed by atoms with van der Waals surface area (Å²) >= 11 is 0. The van der Waals surface area contributed by atoms with Gasteiger partial charge < -0.3 is 14.8 Å². The lowest BCUT2D eigenvalue weighted by Gasteiger charge is -2.06. The van der Waals surface area contributed by atoms with Gasteiger partial charge in [0.2, 0.25) is 0 Å². The standard InChI is InChI=1S/C26H24N2O3/c29-24(30)18-31-22-15-7-9-19(17-22)10-8-16-23-27-25(20-11-3-1-4-12-20)26(28-23)21-13-5-2-6-14-21/h1-7,9,11-15,17H,8,10,16,18H2,(H,27,28)(H,29,30). The second-order valence-electron chi connectivity index (χ2n) is 7.32. The Morgan fingerprint density at radius 3 is 2.29 bits per heavy atom. The summed E-state index contributed by atoms with van der Waals surface area (Å²) in [6.07, 6.45) is 2.58. The first-order valence-electron chi connectivity index (χ1n) is 10.3. The molecule has 1 heterocycles. The van der Waals surface area contributed by atoms with Gasteiger partial charge in [-0.2, -0.15) is 0 Å². The topological polar surface area (TPSA) is 75.2 Å². The summed E-state index contributed by atoms with van der Waals surface area (Å²) in [5.74, 6) is 0.554. The molecule has 0 saturated heterocycles. The number of benzene rings is 3. The summed E-state index contributed by atoms with van der Waals surface area (Å²) in [6.45, 7) is -0.333. The Kier molecular flexibility index (Phi) is 6.43. The molecule has 0 spiro atoms. The Labute approximate surface area is 181 Å². The van der Waals surface area contributed by atoms with Crippen LogP contribution in [0.3, 0.4) is 0 Å². The molecule has 4 rings (SSSR count). The fraction of sp³-hybridized carbons (Fsp3) is 0.154. The molecule has 31 heavy (non-hydrogen) atoms. The van der Waals surface area contributed by atoms with Crippen LogP contribution in [-0.2, 0) is 17.6 Å². The van der Waals surface area contributed by atoms with Crippen molar-refractivity contribution in [1.29, 1.82) is 0 Å². The Balaban J connectivity index is 1.48. The molecular weight excluding hydrogens is 388 g/mol. The van der Waals surface area contributed by atoms with Crippen molar-refractivity contribution in [3.63, 3.8) is 0 Å². The van der Waals surface area contributed by atoms with Gasteiger partial charge in [-0.1, -0.05) is 72.8 Å². The highest BCUT2D eigenvalue weighted by molar-refractivity contribution is 5.78. The molecular formula is C26H24N2O3. The van der Waals surface area contributed by atoms with Gasteiger partial charge in [-0.25, -0.2) is 9.78 Å². The largest absolute Gasteiger partial charge is 0.482 e. The van der Waals surface area contributed by atoms with Crippen molar-refractivity contribution in [3.8, 4) is 28.3 Å². The van der Waals surface area contributed by atoms with Gasteiger partial charge >= 0.3 is 5.97 Å². The molecule has 156 valence electrons. The van der Waals surface area contributed by atoms with Crippen molar-refractivity contribution in [3.05, 3.63) is 96.3 Å². The zero-order valence-corrected chi connectivity index (χ0v) is 17.1. The molecule has 0 aliphatic carbocycles. The minimum Gasteiger partial charge on any atom is -0.482 e. The first-order valence-corrected chi connectivity index (χ1v) is 10.3. The van der Waals surface area contributed by atoms with Gasteiger partial charge in [-0.15, -0.1) is 0 Å². The first kappa shape index (κ1) is 20.4. The molecule has 0 aliphatic rings. The lowest BCUT2D eigenvalue weighted by atomic mass is 10.1. The molecule has 0 saturated carbocycles. The van der Waals surface area contributed by atoms with Crippen molar-refractivity contribution < 1.29 is 14.6 Å². The van der Waals surface area contributed by atoms with Crippen LogP contribution in [-0.4, -0.2) is 27.7 Å². The number of aryl methyl sites for hydroxylation is 2. The van der Waals surface area contributed by atoms with Crippen LogP contribution < -0.4 is 4.74 Å². The zero-order chi connectivity index (χ0) is 21.5. The van der Waals surface area contributed by atoms with Crippen LogP contribution in [0.2, 0.25) is 0 Å². The van der Waals surface area contributed by atoms with Crippen molar-refractivity contribution >= 4 is 5.97 Å². The van der Waals surface area contributed by atoms with E-state index in [2.05, 4.69) is 29.2 Å². The highest BCUT2D eigenvalue weighted by atomic mass is 16.5. The fourth-order valence-electron chi connectivity index (χ4n) is 3.56. The van der Waals surface area contributed by atoms with E-state index >= 15 is 0 Å². The lowest BCUT2D eigenvalue weighted by Crippen LogP contribution is -2.09. The maximum Gasteiger partial charge on any atom is 0.341 e. The molecule has 0 fully saturated rings. The zero-order valence-electron chi connectivity index (χ0n) is 17.1. The maximum absolute atomic E-state index is 10.7. The molecule has 0 amide bonds. The molecule has 3 aromatic carbocycles. The number of ether oxygens (including phenoxy) is 1. The SMILES string of the molecule is O=C(O)COc1cccc(CCCc2nc(-c3ccccc3)c(-c3ccccc3)[nH]2)c1. The van der Waals surface area contributed by atoms with E-state index in [1.165, 1.54) is 0 Å². The van der Waals surface area contributed by atoms with Crippen LogP contribution in [0, 0.1) is 0 Å². The van der Waals surface area contributed by atoms with Gasteiger partial charge in [0.15, 0.2) is 6.61 Å². The average Bonchev–Trinajstić information content (AvgIpc) is 3.23. The van der Waals surface area contributed by atoms with E-state index in [1.807, 2.05) is 54.6 Å². The normalized spacial score (nSPS) is 10.7. The van der Waals surface area contributed by atoms with Crippen molar-refractivity contribution in [2.24, 2.45) is 0 Å². The van der Waals surface area contributed by atoms with Crippen LogP contribution in [0.5, 0.6) is 5.75 Å². The van der Waals surface area contributed by atoms with Crippen molar-refractivity contribution in [2.45, 2.75) is 19.3 Å². The van der Waals surface area contributed by atoms with Crippen molar-refractivity contribution in [1.82, 2.24) is 9.97 Å². The number of aromatic nitrogens is 2. The predicted molar refractivity (Wildman–Crippen MR) is 121 cm³/mol. The smallest absolute Gasteiger partial charge is 0.341 e. The number of carbonyl (C=O) groups is 1. The number of hydrogen-bond acceptors (Lipinski definition) is 3. The third kappa shape index (κ3) is 5.39. The molecule has 5 nitrogen and oxygen atoms in total. The Hall–Kier alpha value is -3.86. The minimum atomic E-state index is -0.980. The quantitative estimate of drug-likeness (QED) is 0.387. The summed E-state index contributed by atoms with van der Waals surface area (Å²) in [6, 6.07) is 28.1. The number of nitrogens with zero attached hydrogens (tertiary/aromatic N) is 1. The second-order valence-corrected chi connectivity index (χ2v) is 7.32. The highest BCUT2D eigenvalue weighted by Gasteiger charge is 2.13. The summed E-state index contributed by atoms with van der Waals surface area (Å²) in [4.78, 5) is 19.1. The van der Waals surface area contributed by atoms with Gasteiger partial charge in [0.25, 0.3) is 0 Å². The molecule has 0 aliphatic heterocycles. The highest BCUT2D eigenvalue weighted by Crippen LogP contribution is 2.30. The monoisotopic (exact) mass is 412 g/mol. The summed E-state index contributed by atoms with van der Waals surface area (Å²) in [7, 11) is 0. The molecule has 0 atom stereocenters. The van der Waals surface area contributed by atoms with E-state index in [0.29, 0.717) is 5.75 Å². The lowest BCUT2D eigenvalue weighted by molar-refractivity contribution is -0.139. The minimum absolute atomic E-state index is 0.333. The van der Waals surface area contributed by atoms with Crippen LogP contribution in [0.1, 0.15) is 17.8 Å². The van der Waals surface area contributed by atoms with Gasteiger partial charge in [-0.05, 0) is 30.5 Å². The number of aliphatic carboxylic acids is 1. The predicted octanol–water partition coefficient (Wildman–Crippen LogP) is 5.38. The van der Waals surface area contributed by atoms with E-state index in [9.17, 15) is 4.79 Å². The number of rotatable bonds is 9. The first-order chi connectivity index (χ1) is 15.2. The number of hydrogen-bond donors (Lipinski definition) is 2. The van der Waals surface area contributed by atoms with Crippen LogP contribution in [0.15, 0.2) is 84.9 Å². The molecule has 1 aromatic heterocycles. The third-order valence-corrected chi connectivity index (χ3v) is 5.00. The average molecular weight is 412 g/mol. The second kappa shape index (κ2) is 9.76. The Bertz CT molecular complexity index is 1080. The van der Waals surface area contributed by atoms with Crippen molar-refractivity contribution in [2.75, 3.05) is 6.61 Å². The van der Waals surface area contributed by atoms with Crippen LogP contribution in [0.4, 0.5) is 0 Å². The molecule has 2 N–H and O–H groups in total. The summed E-state index contributed by atoms with van der Waals surface area (Å²) < 4.78 is 5.27. The number of imidazole rings is 1. The Morgan fingerprint density at radius 2 is 1.58 bits per heavy atom. The number of nitrogens with one attached hydrogen (secondary N) is 1.